The molecule has 2 N–H and O–H groups in total. The van der Waals surface area contributed by atoms with Gasteiger partial charge in [0.1, 0.15) is 6.10 Å². The molecule has 0 saturated heterocycles. The molecule has 6 unspecified atom stereocenters. The fourth-order valence-electron chi connectivity index (χ4n) is 4.32. The normalized spacial score (nSPS) is 32.2. The van der Waals surface area contributed by atoms with Crippen molar-refractivity contribution in [2.24, 2.45) is 17.8 Å². The second-order valence-corrected chi connectivity index (χ2v) is 8.14. The molecule has 1 saturated carbocycles. The topological polar surface area (TPSA) is 66.8 Å². The molecule has 0 aromatic carbocycles. The molecule has 4 nitrogen and oxygen atoms in total. The number of esters is 1. The second kappa shape index (κ2) is 10.9. The van der Waals surface area contributed by atoms with Crippen molar-refractivity contribution in [2.45, 2.75) is 89.9 Å². The summed E-state index contributed by atoms with van der Waals surface area (Å²) in [5, 5.41) is 20.8. The number of carbonyl (C=O) groups excluding carboxylic acids is 1. The number of unbranched alkanes of at least 4 members (excludes halogenated alkanes) is 1. The van der Waals surface area contributed by atoms with Gasteiger partial charge < -0.3 is 14.9 Å². The van der Waals surface area contributed by atoms with Gasteiger partial charge in [0.25, 0.3) is 0 Å². The first kappa shape index (κ1) is 21.2. The van der Waals surface area contributed by atoms with Gasteiger partial charge in [-0.1, -0.05) is 57.8 Å². The first-order valence-electron chi connectivity index (χ1n) is 10.4. The number of aliphatic hydroxyl groups is 2. The lowest BCUT2D eigenvalue weighted by Gasteiger charge is -2.24. The van der Waals surface area contributed by atoms with Gasteiger partial charge in [-0.05, 0) is 31.6 Å². The predicted octanol–water partition coefficient (Wildman–Crippen LogP) is 4.16. The fraction of sp³-hybridized carbons (Fsp3) is 0.773. The van der Waals surface area contributed by atoms with Crippen LogP contribution in [0.2, 0.25) is 0 Å². The number of aliphatic hydroxyl groups excluding tert-OH is 2. The standard InChI is InChI=1S/C22H36O4/c1-3-4-9-16(2)14-17(23)12-13-18-19-10-7-5-6-8-11-22(25)26-21(19)15-20(18)24/h8,11-13,16-21,23-24H,3-7,9-10,14-15H2,1-2H3. The van der Waals surface area contributed by atoms with E-state index in [0.717, 1.165) is 38.5 Å². The van der Waals surface area contributed by atoms with Gasteiger partial charge in [0.2, 0.25) is 0 Å². The Bertz CT molecular complexity index is 485. The Balaban J connectivity index is 1.96. The van der Waals surface area contributed by atoms with Crippen LogP contribution >= 0.6 is 0 Å². The zero-order valence-corrected chi connectivity index (χ0v) is 16.3. The van der Waals surface area contributed by atoms with Gasteiger partial charge in [-0.3, -0.25) is 0 Å². The lowest BCUT2D eigenvalue weighted by Crippen LogP contribution is -2.25. The van der Waals surface area contributed by atoms with E-state index in [1.807, 2.05) is 18.2 Å². The molecule has 0 radical (unpaired) electrons. The van der Waals surface area contributed by atoms with Crippen molar-refractivity contribution in [3.05, 3.63) is 24.3 Å². The highest BCUT2D eigenvalue weighted by atomic mass is 16.5. The van der Waals surface area contributed by atoms with Crippen molar-refractivity contribution < 1.29 is 19.7 Å². The van der Waals surface area contributed by atoms with Crippen molar-refractivity contribution >= 4 is 5.97 Å². The van der Waals surface area contributed by atoms with Gasteiger partial charge in [-0.25, -0.2) is 4.79 Å². The highest BCUT2D eigenvalue weighted by Crippen LogP contribution is 2.39. The van der Waals surface area contributed by atoms with Crippen LogP contribution in [0.5, 0.6) is 0 Å². The van der Waals surface area contributed by atoms with E-state index in [1.54, 1.807) is 0 Å². The van der Waals surface area contributed by atoms with E-state index in [-0.39, 0.29) is 23.9 Å². The van der Waals surface area contributed by atoms with Gasteiger partial charge in [-0.2, -0.15) is 0 Å². The Labute approximate surface area is 158 Å². The van der Waals surface area contributed by atoms with Gasteiger partial charge >= 0.3 is 5.97 Å². The zero-order valence-electron chi connectivity index (χ0n) is 16.3. The summed E-state index contributed by atoms with van der Waals surface area (Å²) < 4.78 is 5.58. The van der Waals surface area contributed by atoms with E-state index in [2.05, 4.69) is 13.8 Å². The summed E-state index contributed by atoms with van der Waals surface area (Å²) in [6.07, 6.45) is 14.7. The summed E-state index contributed by atoms with van der Waals surface area (Å²) in [5.74, 6) is 0.291. The predicted molar refractivity (Wildman–Crippen MR) is 104 cm³/mol. The Morgan fingerprint density at radius 2 is 2.19 bits per heavy atom. The van der Waals surface area contributed by atoms with Crippen LogP contribution in [-0.4, -0.2) is 34.5 Å². The molecule has 1 aliphatic carbocycles. The third-order valence-electron chi connectivity index (χ3n) is 5.82. The van der Waals surface area contributed by atoms with E-state index in [9.17, 15) is 15.0 Å². The molecule has 26 heavy (non-hydrogen) atoms. The molecule has 0 spiro atoms. The smallest absolute Gasteiger partial charge is 0.330 e. The van der Waals surface area contributed by atoms with Crippen LogP contribution < -0.4 is 0 Å². The van der Waals surface area contributed by atoms with Crippen LogP contribution in [0.15, 0.2) is 24.3 Å². The molecule has 148 valence electrons. The Hall–Kier alpha value is -1.13. The quantitative estimate of drug-likeness (QED) is 0.526. The summed E-state index contributed by atoms with van der Waals surface area (Å²) in [5.41, 5.74) is 0. The number of carbonyl (C=O) groups is 1. The van der Waals surface area contributed by atoms with Crippen molar-refractivity contribution in [3.63, 3.8) is 0 Å². The number of hydrogen-bond acceptors (Lipinski definition) is 4. The maximum atomic E-state index is 11.9. The molecular formula is C22H36O4. The number of fused-ring (bicyclic) bond motifs is 1. The fourth-order valence-corrected chi connectivity index (χ4v) is 4.32. The third kappa shape index (κ3) is 6.55. The molecule has 1 aliphatic heterocycles. The van der Waals surface area contributed by atoms with Gasteiger partial charge in [0.15, 0.2) is 0 Å². The van der Waals surface area contributed by atoms with Crippen LogP contribution in [-0.2, 0) is 9.53 Å². The van der Waals surface area contributed by atoms with E-state index < -0.39 is 12.2 Å². The first-order chi connectivity index (χ1) is 12.5. The lowest BCUT2D eigenvalue weighted by atomic mass is 9.87. The van der Waals surface area contributed by atoms with Crippen LogP contribution in [0.25, 0.3) is 0 Å². The minimum Gasteiger partial charge on any atom is -0.459 e. The number of hydrogen-bond donors (Lipinski definition) is 2. The highest BCUT2D eigenvalue weighted by Gasteiger charge is 2.42. The first-order valence-corrected chi connectivity index (χ1v) is 10.4. The zero-order chi connectivity index (χ0) is 18.9. The highest BCUT2D eigenvalue weighted by molar-refractivity contribution is 5.82. The molecule has 2 rings (SSSR count). The Morgan fingerprint density at radius 1 is 1.38 bits per heavy atom. The third-order valence-corrected chi connectivity index (χ3v) is 5.82. The van der Waals surface area contributed by atoms with E-state index in [4.69, 9.17) is 4.74 Å². The van der Waals surface area contributed by atoms with Crippen molar-refractivity contribution in [1.29, 1.82) is 0 Å². The van der Waals surface area contributed by atoms with E-state index in [0.29, 0.717) is 12.3 Å². The van der Waals surface area contributed by atoms with Crippen molar-refractivity contribution in [1.82, 2.24) is 0 Å². The molecule has 6 atom stereocenters. The maximum absolute atomic E-state index is 11.9. The van der Waals surface area contributed by atoms with E-state index >= 15 is 0 Å². The van der Waals surface area contributed by atoms with Crippen LogP contribution in [0.4, 0.5) is 0 Å². The minimum atomic E-state index is -0.511. The summed E-state index contributed by atoms with van der Waals surface area (Å²) >= 11 is 0. The molecule has 1 heterocycles. The minimum absolute atomic E-state index is 0.0446. The van der Waals surface area contributed by atoms with Crippen LogP contribution in [0, 0.1) is 17.8 Å². The molecule has 0 bridgehead atoms. The van der Waals surface area contributed by atoms with Gasteiger partial charge in [0.05, 0.1) is 12.2 Å². The SMILES string of the molecule is CCCCC(C)CC(O)C=CC1C(O)CC2OC(=O)C=CCCCCC21. The molecule has 1 fully saturated rings. The number of rotatable bonds is 7. The average molecular weight is 365 g/mol. The Kier molecular flexibility index (Phi) is 8.86. The maximum Gasteiger partial charge on any atom is 0.330 e. The largest absolute Gasteiger partial charge is 0.459 e. The molecular weight excluding hydrogens is 328 g/mol. The molecule has 4 heteroatoms. The number of ether oxygens (including phenoxy) is 1. The molecule has 0 amide bonds. The monoisotopic (exact) mass is 364 g/mol. The van der Waals surface area contributed by atoms with Crippen LogP contribution in [0.3, 0.4) is 0 Å². The van der Waals surface area contributed by atoms with Gasteiger partial charge in [0, 0.05) is 24.3 Å². The Morgan fingerprint density at radius 3 is 2.96 bits per heavy atom. The summed E-state index contributed by atoms with van der Waals surface area (Å²) in [6.45, 7) is 4.37. The van der Waals surface area contributed by atoms with Crippen molar-refractivity contribution in [2.75, 3.05) is 0 Å². The lowest BCUT2D eigenvalue weighted by molar-refractivity contribution is -0.145. The number of allylic oxidation sites excluding steroid dienone is 1. The van der Waals surface area contributed by atoms with Crippen molar-refractivity contribution in [3.8, 4) is 0 Å². The average Bonchev–Trinajstić information content (AvgIpc) is 2.89. The second-order valence-electron chi connectivity index (χ2n) is 8.14. The molecule has 0 aromatic heterocycles. The van der Waals surface area contributed by atoms with Gasteiger partial charge in [-0.15, -0.1) is 0 Å². The molecule has 0 aromatic rings. The molecule has 2 aliphatic rings. The summed E-state index contributed by atoms with van der Waals surface area (Å²) in [7, 11) is 0. The summed E-state index contributed by atoms with van der Waals surface area (Å²) in [4.78, 5) is 11.9. The van der Waals surface area contributed by atoms with E-state index in [1.165, 1.54) is 18.9 Å². The van der Waals surface area contributed by atoms with Crippen LogP contribution in [0.1, 0.15) is 71.6 Å². The summed E-state index contributed by atoms with van der Waals surface area (Å²) in [6, 6.07) is 0.